The van der Waals surface area contributed by atoms with Crippen LogP contribution in [0.4, 0.5) is 0 Å². The Kier molecular flexibility index (Phi) is 3.50. The van der Waals surface area contributed by atoms with Gasteiger partial charge in [-0.25, -0.2) is 0 Å². The lowest BCUT2D eigenvalue weighted by Gasteiger charge is -2.16. The Labute approximate surface area is 139 Å². The number of aromatic amines is 1. The van der Waals surface area contributed by atoms with Crippen LogP contribution in [0, 0.1) is 0 Å². The summed E-state index contributed by atoms with van der Waals surface area (Å²) in [6, 6.07) is 19.8. The molecule has 0 aliphatic carbocycles. The maximum Gasteiger partial charge on any atom is 0.270 e. The minimum atomic E-state index is -0.0286. The molecule has 4 aromatic rings. The van der Waals surface area contributed by atoms with E-state index in [9.17, 15) is 4.79 Å². The Morgan fingerprint density at radius 3 is 2.67 bits per heavy atom. The summed E-state index contributed by atoms with van der Waals surface area (Å²) in [5, 5.41) is 2.06. The fourth-order valence-corrected chi connectivity index (χ4v) is 2.99. The average molecular weight is 315 g/mol. The monoisotopic (exact) mass is 315 g/mol. The molecule has 118 valence electrons. The molecule has 0 saturated heterocycles. The highest BCUT2D eigenvalue weighted by molar-refractivity contribution is 6.07. The third kappa shape index (κ3) is 2.52. The van der Waals surface area contributed by atoms with E-state index in [-0.39, 0.29) is 5.91 Å². The van der Waals surface area contributed by atoms with Crippen LogP contribution in [0.3, 0.4) is 0 Å². The number of fused-ring (bicyclic) bond motifs is 3. The summed E-state index contributed by atoms with van der Waals surface area (Å²) in [7, 11) is 1.82. The molecule has 0 bridgehead atoms. The van der Waals surface area contributed by atoms with Gasteiger partial charge in [0, 0.05) is 30.6 Å². The van der Waals surface area contributed by atoms with Crippen LogP contribution in [-0.4, -0.2) is 27.8 Å². The SMILES string of the molecule is CN(Cc1ccccc1)C(=O)c1cc2ccc3cccnc3c2[nH]1. The van der Waals surface area contributed by atoms with E-state index < -0.39 is 0 Å². The molecular weight excluding hydrogens is 298 g/mol. The Bertz CT molecular complexity index is 1020. The van der Waals surface area contributed by atoms with Gasteiger partial charge in [0.2, 0.25) is 0 Å². The van der Waals surface area contributed by atoms with Gasteiger partial charge in [0.15, 0.2) is 0 Å². The maximum atomic E-state index is 12.7. The first-order valence-electron chi connectivity index (χ1n) is 7.88. The summed E-state index contributed by atoms with van der Waals surface area (Å²) in [5.74, 6) is -0.0286. The molecule has 0 saturated carbocycles. The summed E-state index contributed by atoms with van der Waals surface area (Å²) in [6.07, 6.45) is 1.77. The van der Waals surface area contributed by atoms with Gasteiger partial charge in [-0.1, -0.05) is 48.5 Å². The van der Waals surface area contributed by atoms with Crippen LogP contribution in [0.2, 0.25) is 0 Å². The molecule has 1 N–H and O–H groups in total. The summed E-state index contributed by atoms with van der Waals surface area (Å²) < 4.78 is 0. The summed E-state index contributed by atoms with van der Waals surface area (Å²) in [5.41, 5.74) is 3.49. The summed E-state index contributed by atoms with van der Waals surface area (Å²) in [4.78, 5) is 22.1. The van der Waals surface area contributed by atoms with E-state index in [4.69, 9.17) is 0 Å². The van der Waals surface area contributed by atoms with Gasteiger partial charge < -0.3 is 9.88 Å². The standard InChI is InChI=1S/C20H17N3O/c1-23(13-14-6-3-2-4-7-14)20(24)17-12-16-10-9-15-8-5-11-21-18(15)19(16)22-17/h2-12,22H,13H2,1H3. The Morgan fingerprint density at radius 2 is 1.83 bits per heavy atom. The van der Waals surface area contributed by atoms with Gasteiger partial charge in [0.1, 0.15) is 5.69 Å². The Hall–Kier alpha value is -3.14. The highest BCUT2D eigenvalue weighted by Gasteiger charge is 2.15. The summed E-state index contributed by atoms with van der Waals surface area (Å²) in [6.45, 7) is 0.577. The number of hydrogen-bond donors (Lipinski definition) is 1. The zero-order chi connectivity index (χ0) is 16.5. The smallest absolute Gasteiger partial charge is 0.270 e. The maximum absolute atomic E-state index is 12.7. The number of carbonyl (C=O) groups is 1. The second-order valence-corrected chi connectivity index (χ2v) is 5.93. The molecule has 0 radical (unpaired) electrons. The number of H-pyrrole nitrogens is 1. The van der Waals surface area contributed by atoms with Crippen molar-refractivity contribution in [2.24, 2.45) is 0 Å². The fraction of sp³-hybridized carbons (Fsp3) is 0.100. The third-order valence-corrected chi connectivity index (χ3v) is 4.21. The van der Waals surface area contributed by atoms with Crippen LogP contribution in [0.5, 0.6) is 0 Å². The van der Waals surface area contributed by atoms with Crippen LogP contribution in [0.1, 0.15) is 16.1 Å². The molecule has 4 heteroatoms. The van der Waals surface area contributed by atoms with E-state index in [0.717, 1.165) is 27.4 Å². The van der Waals surface area contributed by atoms with Crippen molar-refractivity contribution in [3.8, 4) is 0 Å². The number of rotatable bonds is 3. The number of benzene rings is 2. The van der Waals surface area contributed by atoms with E-state index in [1.807, 2.05) is 67.7 Å². The molecule has 4 nitrogen and oxygen atoms in total. The number of aromatic nitrogens is 2. The van der Waals surface area contributed by atoms with Gasteiger partial charge in [-0.3, -0.25) is 9.78 Å². The van der Waals surface area contributed by atoms with E-state index in [0.29, 0.717) is 12.2 Å². The predicted octanol–water partition coefficient (Wildman–Crippen LogP) is 3.99. The minimum Gasteiger partial charge on any atom is -0.349 e. The molecule has 2 aromatic carbocycles. The van der Waals surface area contributed by atoms with Gasteiger partial charge in [0.25, 0.3) is 5.91 Å². The second-order valence-electron chi connectivity index (χ2n) is 5.93. The quantitative estimate of drug-likeness (QED) is 0.621. The molecule has 0 aliphatic heterocycles. The molecule has 1 amide bonds. The van der Waals surface area contributed by atoms with E-state index >= 15 is 0 Å². The van der Waals surface area contributed by atoms with Crippen molar-refractivity contribution in [1.29, 1.82) is 0 Å². The molecule has 4 rings (SSSR count). The lowest BCUT2D eigenvalue weighted by Crippen LogP contribution is -2.26. The first-order chi connectivity index (χ1) is 11.7. The number of nitrogens with one attached hydrogen (secondary N) is 1. The fourth-order valence-electron chi connectivity index (χ4n) is 2.99. The van der Waals surface area contributed by atoms with Crippen molar-refractivity contribution in [2.45, 2.75) is 6.54 Å². The second kappa shape index (κ2) is 5.81. The Morgan fingerprint density at radius 1 is 1.04 bits per heavy atom. The topological polar surface area (TPSA) is 49.0 Å². The van der Waals surface area contributed by atoms with Crippen molar-refractivity contribution in [3.05, 3.63) is 78.1 Å². The lowest BCUT2D eigenvalue weighted by molar-refractivity contribution is 0.0780. The van der Waals surface area contributed by atoms with E-state index in [2.05, 4.69) is 9.97 Å². The van der Waals surface area contributed by atoms with Crippen molar-refractivity contribution in [2.75, 3.05) is 7.05 Å². The first-order valence-corrected chi connectivity index (χ1v) is 7.88. The van der Waals surface area contributed by atoms with Gasteiger partial charge in [0.05, 0.1) is 11.0 Å². The molecule has 0 atom stereocenters. The highest BCUT2D eigenvalue weighted by atomic mass is 16.2. The first kappa shape index (κ1) is 14.5. The molecule has 2 aromatic heterocycles. The molecule has 0 spiro atoms. The average Bonchev–Trinajstić information content (AvgIpc) is 3.06. The van der Waals surface area contributed by atoms with E-state index in [1.54, 1.807) is 11.1 Å². The van der Waals surface area contributed by atoms with Gasteiger partial charge in [-0.15, -0.1) is 0 Å². The van der Waals surface area contributed by atoms with Crippen LogP contribution < -0.4 is 0 Å². The number of pyridine rings is 1. The zero-order valence-electron chi connectivity index (χ0n) is 13.4. The molecule has 24 heavy (non-hydrogen) atoms. The molecule has 0 aliphatic rings. The number of amides is 1. The molecule has 0 unspecified atom stereocenters. The molecule has 0 fully saturated rings. The van der Waals surface area contributed by atoms with Gasteiger partial charge >= 0.3 is 0 Å². The Balaban J connectivity index is 1.68. The largest absolute Gasteiger partial charge is 0.349 e. The lowest BCUT2D eigenvalue weighted by atomic mass is 10.1. The summed E-state index contributed by atoms with van der Waals surface area (Å²) >= 11 is 0. The normalized spacial score (nSPS) is 11.0. The van der Waals surface area contributed by atoms with Crippen molar-refractivity contribution >= 4 is 27.7 Å². The number of hydrogen-bond acceptors (Lipinski definition) is 2. The molecular formula is C20H17N3O. The van der Waals surface area contributed by atoms with Crippen molar-refractivity contribution < 1.29 is 4.79 Å². The number of carbonyl (C=O) groups excluding carboxylic acids is 1. The van der Waals surface area contributed by atoms with E-state index in [1.165, 1.54) is 0 Å². The molecule has 2 heterocycles. The van der Waals surface area contributed by atoms with Gasteiger partial charge in [-0.2, -0.15) is 0 Å². The predicted molar refractivity (Wildman–Crippen MR) is 95.8 cm³/mol. The number of nitrogens with zero attached hydrogens (tertiary/aromatic N) is 2. The van der Waals surface area contributed by atoms with Crippen LogP contribution in [-0.2, 0) is 6.54 Å². The third-order valence-electron chi connectivity index (χ3n) is 4.21. The van der Waals surface area contributed by atoms with Crippen molar-refractivity contribution in [3.63, 3.8) is 0 Å². The minimum absolute atomic E-state index is 0.0286. The van der Waals surface area contributed by atoms with Gasteiger partial charge in [-0.05, 0) is 17.7 Å². The van der Waals surface area contributed by atoms with Crippen LogP contribution in [0.25, 0.3) is 21.8 Å². The van der Waals surface area contributed by atoms with Crippen LogP contribution in [0.15, 0.2) is 66.9 Å². The van der Waals surface area contributed by atoms with Crippen LogP contribution >= 0.6 is 0 Å². The van der Waals surface area contributed by atoms with Crippen molar-refractivity contribution in [1.82, 2.24) is 14.9 Å². The zero-order valence-corrected chi connectivity index (χ0v) is 13.4. The highest BCUT2D eigenvalue weighted by Crippen LogP contribution is 2.24.